The van der Waals surface area contributed by atoms with E-state index in [1.807, 2.05) is 0 Å². The summed E-state index contributed by atoms with van der Waals surface area (Å²) in [6.07, 6.45) is 5.73. The summed E-state index contributed by atoms with van der Waals surface area (Å²) >= 11 is 0. The Balaban J connectivity index is 1.63. The fourth-order valence-electron chi connectivity index (χ4n) is 3.98. The van der Waals surface area contributed by atoms with E-state index in [2.05, 4.69) is 13.8 Å². The largest absolute Gasteiger partial charge is 0.381 e. The molecule has 2 aliphatic heterocycles. The second-order valence-electron chi connectivity index (χ2n) is 7.27. The van der Waals surface area contributed by atoms with E-state index in [4.69, 9.17) is 15.2 Å². The van der Waals surface area contributed by atoms with Gasteiger partial charge in [-0.1, -0.05) is 13.8 Å². The zero-order valence-electron chi connectivity index (χ0n) is 11.8. The van der Waals surface area contributed by atoms with E-state index in [0.29, 0.717) is 17.4 Å². The van der Waals surface area contributed by atoms with Crippen LogP contribution < -0.4 is 5.73 Å². The quantitative estimate of drug-likeness (QED) is 0.821. The molecule has 3 rings (SSSR count). The van der Waals surface area contributed by atoms with Crippen LogP contribution in [0.3, 0.4) is 0 Å². The van der Waals surface area contributed by atoms with Crippen LogP contribution in [-0.4, -0.2) is 31.5 Å². The molecule has 0 aromatic carbocycles. The standard InChI is InChI=1S/C15H27NO2/c1-14(2)10-12(14)13(16)11-3-6-18-15(9-11)4-7-17-8-5-15/h11-13H,3-10,16H2,1-2H3. The van der Waals surface area contributed by atoms with Crippen LogP contribution in [-0.2, 0) is 9.47 Å². The molecule has 1 aliphatic carbocycles. The Bertz CT molecular complexity index is 304. The van der Waals surface area contributed by atoms with Crippen molar-refractivity contribution in [2.75, 3.05) is 19.8 Å². The highest BCUT2D eigenvalue weighted by molar-refractivity contribution is 5.04. The number of hydrogen-bond acceptors (Lipinski definition) is 3. The van der Waals surface area contributed by atoms with Gasteiger partial charge < -0.3 is 15.2 Å². The molecule has 1 spiro atoms. The molecule has 18 heavy (non-hydrogen) atoms. The van der Waals surface area contributed by atoms with Crippen LogP contribution in [0.4, 0.5) is 0 Å². The minimum Gasteiger partial charge on any atom is -0.381 e. The maximum absolute atomic E-state index is 6.53. The summed E-state index contributed by atoms with van der Waals surface area (Å²) in [5.74, 6) is 1.39. The predicted octanol–water partition coefficient (Wildman–Crippen LogP) is 2.34. The van der Waals surface area contributed by atoms with Crippen LogP contribution in [0.15, 0.2) is 0 Å². The van der Waals surface area contributed by atoms with Crippen LogP contribution in [0.1, 0.15) is 46.0 Å². The molecular weight excluding hydrogens is 226 g/mol. The van der Waals surface area contributed by atoms with Gasteiger partial charge in [-0.05, 0) is 49.4 Å². The average molecular weight is 253 g/mol. The van der Waals surface area contributed by atoms with Gasteiger partial charge in [-0.15, -0.1) is 0 Å². The van der Waals surface area contributed by atoms with Gasteiger partial charge in [0.1, 0.15) is 0 Å². The predicted molar refractivity (Wildman–Crippen MR) is 71.3 cm³/mol. The summed E-state index contributed by atoms with van der Waals surface area (Å²) in [6, 6.07) is 0.378. The van der Waals surface area contributed by atoms with Gasteiger partial charge in [0, 0.05) is 25.9 Å². The van der Waals surface area contributed by atoms with Crippen molar-refractivity contribution in [3.63, 3.8) is 0 Å². The molecule has 104 valence electrons. The minimum atomic E-state index is 0.0951. The van der Waals surface area contributed by atoms with Crippen molar-refractivity contribution >= 4 is 0 Å². The van der Waals surface area contributed by atoms with Crippen molar-refractivity contribution in [1.82, 2.24) is 0 Å². The van der Waals surface area contributed by atoms with Gasteiger partial charge in [0.2, 0.25) is 0 Å². The molecule has 2 saturated heterocycles. The summed E-state index contributed by atoms with van der Waals surface area (Å²) in [6.45, 7) is 7.31. The third-order valence-corrected chi connectivity index (χ3v) is 5.53. The lowest BCUT2D eigenvalue weighted by Crippen LogP contribution is -2.49. The van der Waals surface area contributed by atoms with Crippen LogP contribution in [0.25, 0.3) is 0 Å². The third kappa shape index (κ3) is 2.33. The van der Waals surface area contributed by atoms with E-state index in [-0.39, 0.29) is 5.60 Å². The first-order valence-corrected chi connectivity index (χ1v) is 7.50. The van der Waals surface area contributed by atoms with E-state index >= 15 is 0 Å². The normalized spacial score (nSPS) is 39.5. The summed E-state index contributed by atoms with van der Waals surface area (Å²) in [4.78, 5) is 0. The highest BCUT2D eigenvalue weighted by Crippen LogP contribution is 2.55. The van der Waals surface area contributed by atoms with Crippen LogP contribution >= 0.6 is 0 Å². The Hall–Kier alpha value is -0.120. The molecule has 0 bridgehead atoms. The highest BCUT2D eigenvalue weighted by atomic mass is 16.5. The molecular formula is C15H27NO2. The van der Waals surface area contributed by atoms with E-state index in [9.17, 15) is 0 Å². The second kappa shape index (κ2) is 4.46. The lowest BCUT2D eigenvalue weighted by Gasteiger charge is -2.45. The first-order chi connectivity index (χ1) is 8.53. The van der Waals surface area contributed by atoms with Crippen molar-refractivity contribution in [2.24, 2.45) is 23.0 Å². The summed E-state index contributed by atoms with van der Waals surface area (Å²) < 4.78 is 11.6. The van der Waals surface area contributed by atoms with E-state index in [1.54, 1.807) is 0 Å². The molecule has 0 amide bonds. The Kier molecular flexibility index (Phi) is 3.20. The van der Waals surface area contributed by atoms with Gasteiger partial charge in [0.05, 0.1) is 5.60 Å². The average Bonchev–Trinajstić information content (AvgIpc) is 2.98. The van der Waals surface area contributed by atoms with Gasteiger partial charge in [0.25, 0.3) is 0 Å². The highest BCUT2D eigenvalue weighted by Gasteiger charge is 2.52. The van der Waals surface area contributed by atoms with Crippen molar-refractivity contribution in [3.8, 4) is 0 Å². The SMILES string of the molecule is CC1(C)CC1C(N)C1CCOC2(CCOCC2)C1. The first-order valence-electron chi connectivity index (χ1n) is 7.50. The van der Waals surface area contributed by atoms with Gasteiger partial charge in [-0.25, -0.2) is 0 Å². The Morgan fingerprint density at radius 3 is 2.39 bits per heavy atom. The molecule has 0 aromatic rings. The zero-order valence-corrected chi connectivity index (χ0v) is 11.8. The molecule has 3 heteroatoms. The topological polar surface area (TPSA) is 44.5 Å². The van der Waals surface area contributed by atoms with Crippen LogP contribution in [0, 0.1) is 17.3 Å². The number of nitrogens with two attached hydrogens (primary N) is 1. The molecule has 1 saturated carbocycles. The maximum atomic E-state index is 6.53. The van der Waals surface area contributed by atoms with Gasteiger partial charge in [0.15, 0.2) is 0 Å². The summed E-state index contributed by atoms with van der Waals surface area (Å²) in [5, 5.41) is 0. The van der Waals surface area contributed by atoms with Gasteiger partial charge >= 0.3 is 0 Å². The zero-order chi connectivity index (χ0) is 12.8. The van der Waals surface area contributed by atoms with Crippen molar-refractivity contribution in [3.05, 3.63) is 0 Å². The molecule has 2 N–H and O–H groups in total. The lowest BCUT2D eigenvalue weighted by molar-refractivity contribution is -0.149. The van der Waals surface area contributed by atoms with E-state index in [0.717, 1.165) is 51.4 Å². The smallest absolute Gasteiger partial charge is 0.0729 e. The molecule has 3 unspecified atom stereocenters. The number of rotatable bonds is 2. The lowest BCUT2D eigenvalue weighted by atomic mass is 9.76. The van der Waals surface area contributed by atoms with Gasteiger partial charge in [-0.2, -0.15) is 0 Å². The van der Waals surface area contributed by atoms with Crippen LogP contribution in [0.5, 0.6) is 0 Å². The molecule has 3 aliphatic rings. The molecule has 3 fully saturated rings. The molecule has 3 atom stereocenters. The Labute approximate surface area is 110 Å². The molecule has 3 nitrogen and oxygen atoms in total. The van der Waals surface area contributed by atoms with E-state index < -0.39 is 0 Å². The van der Waals surface area contributed by atoms with Crippen molar-refractivity contribution < 1.29 is 9.47 Å². The monoisotopic (exact) mass is 253 g/mol. The Morgan fingerprint density at radius 1 is 1.11 bits per heavy atom. The Morgan fingerprint density at radius 2 is 1.78 bits per heavy atom. The maximum Gasteiger partial charge on any atom is 0.0729 e. The second-order valence-corrected chi connectivity index (χ2v) is 7.27. The van der Waals surface area contributed by atoms with Crippen LogP contribution in [0.2, 0.25) is 0 Å². The van der Waals surface area contributed by atoms with E-state index in [1.165, 1.54) is 6.42 Å². The fraction of sp³-hybridized carbons (Fsp3) is 1.00. The van der Waals surface area contributed by atoms with Crippen molar-refractivity contribution in [1.29, 1.82) is 0 Å². The fourth-order valence-corrected chi connectivity index (χ4v) is 3.98. The van der Waals surface area contributed by atoms with Crippen molar-refractivity contribution in [2.45, 2.75) is 57.6 Å². The third-order valence-electron chi connectivity index (χ3n) is 5.53. The number of ether oxygens (including phenoxy) is 2. The van der Waals surface area contributed by atoms with Gasteiger partial charge in [-0.3, -0.25) is 0 Å². The molecule has 2 heterocycles. The summed E-state index contributed by atoms with van der Waals surface area (Å²) in [5.41, 5.74) is 7.11. The summed E-state index contributed by atoms with van der Waals surface area (Å²) in [7, 11) is 0. The minimum absolute atomic E-state index is 0.0951. The molecule has 0 aromatic heterocycles. The first kappa shape index (κ1) is 12.9. The number of hydrogen-bond donors (Lipinski definition) is 1. The molecule has 0 radical (unpaired) electrons.